The Morgan fingerprint density at radius 2 is 2.22 bits per heavy atom. The number of halogens is 1. The Labute approximate surface area is 112 Å². The van der Waals surface area contributed by atoms with Gasteiger partial charge in [-0.05, 0) is 43.7 Å². The van der Waals surface area contributed by atoms with Crippen LogP contribution in [0.25, 0.3) is 0 Å². The van der Waals surface area contributed by atoms with Crippen LogP contribution >= 0.6 is 11.6 Å². The molecule has 2 aromatic rings. The van der Waals surface area contributed by atoms with Crippen LogP contribution in [0.3, 0.4) is 0 Å². The fourth-order valence-corrected chi connectivity index (χ4v) is 2.04. The van der Waals surface area contributed by atoms with Crippen molar-refractivity contribution in [2.45, 2.75) is 25.8 Å². The molecule has 1 unspecified atom stereocenters. The van der Waals surface area contributed by atoms with Crippen molar-refractivity contribution in [1.29, 1.82) is 0 Å². The minimum atomic E-state index is 0.316. The van der Waals surface area contributed by atoms with Crippen molar-refractivity contribution in [2.24, 2.45) is 0 Å². The van der Waals surface area contributed by atoms with E-state index in [2.05, 4.69) is 12.2 Å². The molecule has 1 aromatic carbocycles. The van der Waals surface area contributed by atoms with E-state index in [9.17, 15) is 0 Å². The molecule has 0 aliphatic rings. The first-order chi connectivity index (χ1) is 8.65. The van der Waals surface area contributed by atoms with Crippen molar-refractivity contribution in [2.75, 3.05) is 11.1 Å². The second-order valence-corrected chi connectivity index (χ2v) is 4.81. The normalized spacial score (nSPS) is 12.3. The summed E-state index contributed by atoms with van der Waals surface area (Å²) in [4.78, 5) is 0. The molecule has 3 N–H and O–H groups in total. The SMILES string of the molecule is CC(CCc1ccco1)Nc1ccc(N)cc1Cl. The molecule has 0 spiro atoms. The van der Waals surface area contributed by atoms with Crippen LogP contribution in [-0.2, 0) is 6.42 Å². The summed E-state index contributed by atoms with van der Waals surface area (Å²) in [6, 6.07) is 9.71. The molecule has 0 saturated carbocycles. The summed E-state index contributed by atoms with van der Waals surface area (Å²) in [6.45, 7) is 2.12. The molecular weight excluding hydrogens is 248 g/mol. The average molecular weight is 265 g/mol. The van der Waals surface area contributed by atoms with Crippen LogP contribution in [0.2, 0.25) is 5.02 Å². The lowest BCUT2D eigenvalue weighted by Crippen LogP contribution is -2.16. The largest absolute Gasteiger partial charge is 0.469 e. The molecular formula is C14H17ClN2O. The summed E-state index contributed by atoms with van der Waals surface area (Å²) >= 11 is 6.11. The number of rotatable bonds is 5. The van der Waals surface area contributed by atoms with Crippen LogP contribution in [0.15, 0.2) is 41.0 Å². The van der Waals surface area contributed by atoms with Crippen LogP contribution in [0.1, 0.15) is 19.1 Å². The number of nitrogen functional groups attached to an aromatic ring is 1. The molecule has 18 heavy (non-hydrogen) atoms. The standard InChI is InChI=1S/C14H17ClN2O/c1-10(4-6-12-3-2-8-18-12)17-14-7-5-11(16)9-13(14)15/h2-3,5,7-10,17H,4,6,16H2,1H3. The van der Waals surface area contributed by atoms with E-state index in [0.29, 0.717) is 16.8 Å². The lowest BCUT2D eigenvalue weighted by atomic mass is 10.1. The highest BCUT2D eigenvalue weighted by Crippen LogP contribution is 2.25. The monoisotopic (exact) mass is 264 g/mol. The van der Waals surface area contributed by atoms with E-state index in [-0.39, 0.29) is 0 Å². The Balaban J connectivity index is 1.88. The smallest absolute Gasteiger partial charge is 0.103 e. The van der Waals surface area contributed by atoms with Gasteiger partial charge in [-0.25, -0.2) is 0 Å². The molecule has 3 nitrogen and oxygen atoms in total. The molecule has 0 aliphatic carbocycles. The van der Waals surface area contributed by atoms with Crippen LogP contribution in [0.4, 0.5) is 11.4 Å². The lowest BCUT2D eigenvalue weighted by molar-refractivity contribution is 0.495. The molecule has 0 aliphatic heterocycles. The van der Waals surface area contributed by atoms with Gasteiger partial charge in [-0.3, -0.25) is 0 Å². The van der Waals surface area contributed by atoms with Crippen molar-refractivity contribution >= 4 is 23.0 Å². The predicted octanol–water partition coefficient (Wildman–Crippen LogP) is 3.95. The van der Waals surface area contributed by atoms with Gasteiger partial charge in [-0.1, -0.05) is 11.6 Å². The zero-order chi connectivity index (χ0) is 13.0. The molecule has 2 rings (SSSR count). The van der Waals surface area contributed by atoms with Crippen LogP contribution in [0, 0.1) is 0 Å². The van der Waals surface area contributed by atoms with Gasteiger partial charge in [0.2, 0.25) is 0 Å². The summed E-state index contributed by atoms with van der Waals surface area (Å²) in [5, 5.41) is 4.02. The number of benzene rings is 1. The van der Waals surface area contributed by atoms with Crippen LogP contribution < -0.4 is 11.1 Å². The van der Waals surface area contributed by atoms with E-state index < -0.39 is 0 Å². The molecule has 0 fully saturated rings. The first-order valence-corrected chi connectivity index (χ1v) is 6.37. The summed E-state index contributed by atoms with van der Waals surface area (Å²) in [5.74, 6) is 1.01. The summed E-state index contributed by atoms with van der Waals surface area (Å²) in [7, 11) is 0. The van der Waals surface area contributed by atoms with Crippen molar-refractivity contribution < 1.29 is 4.42 Å². The first-order valence-electron chi connectivity index (χ1n) is 5.99. The molecule has 0 amide bonds. The topological polar surface area (TPSA) is 51.2 Å². The molecule has 1 aromatic heterocycles. The van der Waals surface area contributed by atoms with Gasteiger partial charge >= 0.3 is 0 Å². The Kier molecular flexibility index (Phi) is 4.15. The quantitative estimate of drug-likeness (QED) is 0.804. The van der Waals surface area contributed by atoms with Gasteiger partial charge in [0.15, 0.2) is 0 Å². The predicted molar refractivity (Wildman–Crippen MR) is 76.0 cm³/mol. The van der Waals surface area contributed by atoms with Gasteiger partial charge in [0, 0.05) is 18.2 Å². The maximum Gasteiger partial charge on any atom is 0.103 e. The van der Waals surface area contributed by atoms with Gasteiger partial charge in [-0.2, -0.15) is 0 Å². The van der Waals surface area contributed by atoms with E-state index in [1.165, 1.54) is 0 Å². The fourth-order valence-electron chi connectivity index (χ4n) is 1.80. The number of nitrogens with one attached hydrogen (secondary N) is 1. The Hall–Kier alpha value is -1.61. The van der Waals surface area contributed by atoms with Gasteiger partial charge < -0.3 is 15.5 Å². The first kappa shape index (κ1) is 12.8. The Bertz CT molecular complexity index is 497. The van der Waals surface area contributed by atoms with E-state index in [1.807, 2.05) is 24.3 Å². The summed E-state index contributed by atoms with van der Waals surface area (Å²) < 4.78 is 5.30. The van der Waals surface area contributed by atoms with E-state index in [1.54, 1.807) is 12.3 Å². The van der Waals surface area contributed by atoms with Gasteiger partial charge in [-0.15, -0.1) is 0 Å². The van der Waals surface area contributed by atoms with E-state index >= 15 is 0 Å². The highest BCUT2D eigenvalue weighted by atomic mass is 35.5. The molecule has 0 saturated heterocycles. The van der Waals surface area contributed by atoms with Crippen LogP contribution in [0.5, 0.6) is 0 Å². The molecule has 96 valence electrons. The van der Waals surface area contributed by atoms with Crippen molar-refractivity contribution in [3.05, 3.63) is 47.4 Å². The van der Waals surface area contributed by atoms with Crippen molar-refractivity contribution in [3.63, 3.8) is 0 Å². The average Bonchev–Trinajstić information content (AvgIpc) is 2.83. The maximum atomic E-state index is 6.11. The van der Waals surface area contributed by atoms with E-state index in [4.69, 9.17) is 21.8 Å². The summed E-state index contributed by atoms with van der Waals surface area (Å²) in [5.41, 5.74) is 7.25. The maximum absolute atomic E-state index is 6.11. The third kappa shape index (κ3) is 3.44. The fraction of sp³-hybridized carbons (Fsp3) is 0.286. The third-order valence-electron chi connectivity index (χ3n) is 2.80. The number of furan rings is 1. The zero-order valence-electron chi connectivity index (χ0n) is 10.3. The minimum absolute atomic E-state index is 0.316. The Morgan fingerprint density at radius 3 is 2.89 bits per heavy atom. The number of hydrogen-bond donors (Lipinski definition) is 2. The molecule has 0 bridgehead atoms. The lowest BCUT2D eigenvalue weighted by Gasteiger charge is -2.16. The molecule has 1 atom stereocenters. The second-order valence-electron chi connectivity index (χ2n) is 4.40. The minimum Gasteiger partial charge on any atom is -0.469 e. The highest BCUT2D eigenvalue weighted by Gasteiger charge is 2.07. The second kappa shape index (κ2) is 5.83. The number of aryl methyl sites for hydroxylation is 1. The van der Waals surface area contributed by atoms with Crippen LogP contribution in [-0.4, -0.2) is 6.04 Å². The van der Waals surface area contributed by atoms with Gasteiger partial charge in [0.25, 0.3) is 0 Å². The van der Waals surface area contributed by atoms with Gasteiger partial charge in [0.05, 0.1) is 17.0 Å². The third-order valence-corrected chi connectivity index (χ3v) is 3.11. The molecule has 0 radical (unpaired) electrons. The Morgan fingerprint density at radius 1 is 1.39 bits per heavy atom. The highest BCUT2D eigenvalue weighted by molar-refractivity contribution is 6.33. The van der Waals surface area contributed by atoms with Gasteiger partial charge in [0.1, 0.15) is 5.76 Å². The molecule has 4 heteroatoms. The van der Waals surface area contributed by atoms with E-state index in [0.717, 1.165) is 24.3 Å². The molecule has 1 heterocycles. The zero-order valence-corrected chi connectivity index (χ0v) is 11.1. The van der Waals surface area contributed by atoms with Crippen molar-refractivity contribution in [3.8, 4) is 0 Å². The van der Waals surface area contributed by atoms with Crippen molar-refractivity contribution in [1.82, 2.24) is 0 Å². The number of hydrogen-bond acceptors (Lipinski definition) is 3. The number of anilines is 2. The number of nitrogens with two attached hydrogens (primary N) is 1. The summed E-state index contributed by atoms with van der Waals surface area (Å²) in [6.07, 6.45) is 3.59.